The molecule has 82 valence electrons. The van der Waals surface area contributed by atoms with Gasteiger partial charge in [-0.05, 0) is 23.8 Å². The van der Waals surface area contributed by atoms with Crippen LogP contribution < -0.4 is 5.32 Å². The number of hydrogen-bond donors (Lipinski definition) is 1. The third-order valence-corrected chi connectivity index (χ3v) is 2.14. The van der Waals surface area contributed by atoms with Gasteiger partial charge in [-0.3, -0.25) is 4.79 Å². The second-order valence-corrected chi connectivity index (χ2v) is 3.62. The summed E-state index contributed by atoms with van der Waals surface area (Å²) >= 11 is 5.82. The highest BCUT2D eigenvalue weighted by atomic mass is 35.5. The quantitative estimate of drug-likeness (QED) is 0.873. The summed E-state index contributed by atoms with van der Waals surface area (Å²) < 4.78 is 0. The van der Waals surface area contributed by atoms with Crippen LogP contribution in [0.25, 0.3) is 6.08 Å². The van der Waals surface area contributed by atoms with Crippen LogP contribution in [0.2, 0.25) is 5.02 Å². The lowest BCUT2D eigenvalue weighted by Gasteiger charge is -1.99. The average molecular weight is 235 g/mol. The number of benzene rings is 1. The maximum absolute atomic E-state index is 10.6. The second kappa shape index (κ2) is 5.94. The fourth-order valence-corrected chi connectivity index (χ4v) is 1.34. The van der Waals surface area contributed by atoms with Crippen LogP contribution in [-0.2, 0) is 4.79 Å². The van der Waals surface area contributed by atoms with Crippen LogP contribution in [0.5, 0.6) is 0 Å². The van der Waals surface area contributed by atoms with E-state index in [-0.39, 0.29) is 5.91 Å². The van der Waals surface area contributed by atoms with Crippen LogP contribution in [0.15, 0.2) is 24.3 Å². The lowest BCUT2D eigenvalue weighted by atomic mass is 10.1. The zero-order chi connectivity index (χ0) is 12.0. The van der Waals surface area contributed by atoms with Gasteiger partial charge in [-0.25, -0.2) is 0 Å². The molecule has 1 amide bonds. The van der Waals surface area contributed by atoms with Crippen molar-refractivity contribution in [3.8, 4) is 6.07 Å². The number of amides is 1. The number of nitriles is 1. The summed E-state index contributed by atoms with van der Waals surface area (Å²) in [5.41, 5.74) is 1.31. The topological polar surface area (TPSA) is 52.9 Å². The molecule has 0 aliphatic rings. The van der Waals surface area contributed by atoms with Gasteiger partial charge in [-0.2, -0.15) is 5.26 Å². The molecule has 0 radical (unpaired) electrons. The molecule has 0 saturated carbocycles. The van der Waals surface area contributed by atoms with Gasteiger partial charge < -0.3 is 5.32 Å². The van der Waals surface area contributed by atoms with Crippen LogP contribution >= 0.6 is 11.6 Å². The lowest BCUT2D eigenvalue weighted by molar-refractivity contribution is -0.118. The van der Waals surface area contributed by atoms with E-state index in [1.54, 1.807) is 30.4 Å². The van der Waals surface area contributed by atoms with E-state index in [0.717, 1.165) is 5.56 Å². The van der Waals surface area contributed by atoms with Crippen molar-refractivity contribution < 1.29 is 4.79 Å². The molecular formula is C12H11ClN2O. The summed E-state index contributed by atoms with van der Waals surface area (Å²) in [6.07, 6.45) is 3.54. The summed E-state index contributed by atoms with van der Waals surface area (Å²) in [6, 6.07) is 7.13. The Hall–Kier alpha value is -1.79. The average Bonchev–Trinajstić information content (AvgIpc) is 2.24. The Morgan fingerprint density at radius 3 is 3.00 bits per heavy atom. The first-order valence-corrected chi connectivity index (χ1v) is 5.12. The van der Waals surface area contributed by atoms with E-state index in [4.69, 9.17) is 16.9 Å². The highest BCUT2D eigenvalue weighted by Crippen LogP contribution is 2.16. The van der Waals surface area contributed by atoms with Crippen molar-refractivity contribution in [3.05, 3.63) is 40.4 Å². The number of halogens is 1. The molecule has 0 aliphatic heterocycles. The Labute approximate surface area is 99.3 Å². The van der Waals surface area contributed by atoms with Gasteiger partial charge in [0.05, 0.1) is 11.6 Å². The minimum absolute atomic E-state index is 0.0868. The van der Waals surface area contributed by atoms with E-state index in [0.29, 0.717) is 17.1 Å². The zero-order valence-electron chi connectivity index (χ0n) is 8.83. The van der Waals surface area contributed by atoms with Gasteiger partial charge in [0, 0.05) is 18.5 Å². The van der Waals surface area contributed by atoms with Gasteiger partial charge in [-0.1, -0.05) is 23.8 Å². The number of nitrogens with zero attached hydrogens (tertiary/aromatic N) is 1. The molecule has 0 saturated heterocycles. The number of rotatable bonds is 3. The van der Waals surface area contributed by atoms with Crippen LogP contribution in [0.4, 0.5) is 0 Å². The van der Waals surface area contributed by atoms with Crippen molar-refractivity contribution in [1.29, 1.82) is 5.26 Å². The molecule has 0 heterocycles. The standard InChI is InChI=1S/C12H11ClN2O/c1-9(16)15-6-2-3-10-7-12(13)5-4-11(10)8-14/h2-5,7H,6H2,1H3,(H,15,16). The molecule has 0 bridgehead atoms. The number of carbonyl (C=O) groups is 1. The van der Waals surface area contributed by atoms with E-state index in [1.807, 2.05) is 0 Å². The lowest BCUT2D eigenvalue weighted by Crippen LogP contribution is -2.19. The molecular weight excluding hydrogens is 224 g/mol. The van der Waals surface area contributed by atoms with E-state index >= 15 is 0 Å². The molecule has 0 aromatic heterocycles. The fourth-order valence-electron chi connectivity index (χ4n) is 1.16. The van der Waals surface area contributed by atoms with Gasteiger partial charge in [-0.15, -0.1) is 0 Å². The van der Waals surface area contributed by atoms with Crippen molar-refractivity contribution in [1.82, 2.24) is 5.32 Å². The van der Waals surface area contributed by atoms with Crippen molar-refractivity contribution in [2.45, 2.75) is 6.92 Å². The first-order chi connectivity index (χ1) is 7.63. The van der Waals surface area contributed by atoms with Crippen molar-refractivity contribution >= 4 is 23.6 Å². The highest BCUT2D eigenvalue weighted by molar-refractivity contribution is 6.30. The van der Waals surface area contributed by atoms with E-state index in [1.165, 1.54) is 6.92 Å². The van der Waals surface area contributed by atoms with Gasteiger partial charge in [0.15, 0.2) is 0 Å². The fraction of sp³-hybridized carbons (Fsp3) is 0.167. The Kier molecular flexibility index (Phi) is 4.56. The van der Waals surface area contributed by atoms with E-state index < -0.39 is 0 Å². The molecule has 3 nitrogen and oxygen atoms in total. The Morgan fingerprint density at radius 2 is 2.38 bits per heavy atom. The van der Waals surface area contributed by atoms with Gasteiger partial charge in [0.2, 0.25) is 5.91 Å². The Balaban J connectivity index is 2.76. The summed E-state index contributed by atoms with van der Waals surface area (Å²) in [4.78, 5) is 10.6. The SMILES string of the molecule is CC(=O)NCC=Cc1cc(Cl)ccc1C#N. The van der Waals surface area contributed by atoms with Crippen LogP contribution in [0.3, 0.4) is 0 Å². The molecule has 1 N–H and O–H groups in total. The summed E-state index contributed by atoms with van der Waals surface area (Å²) in [5, 5.41) is 12.1. The number of carbonyl (C=O) groups excluding carboxylic acids is 1. The van der Waals surface area contributed by atoms with E-state index in [2.05, 4.69) is 11.4 Å². The molecule has 0 unspecified atom stereocenters. The predicted molar refractivity (Wildman–Crippen MR) is 63.9 cm³/mol. The summed E-state index contributed by atoms with van der Waals surface area (Å²) in [6.45, 7) is 1.89. The predicted octanol–water partition coefficient (Wildman–Crippen LogP) is 2.36. The molecule has 0 fully saturated rings. The monoisotopic (exact) mass is 234 g/mol. The highest BCUT2D eigenvalue weighted by Gasteiger charge is 1.98. The molecule has 0 aliphatic carbocycles. The number of hydrogen-bond acceptors (Lipinski definition) is 2. The third kappa shape index (κ3) is 3.76. The third-order valence-electron chi connectivity index (χ3n) is 1.90. The maximum atomic E-state index is 10.6. The van der Waals surface area contributed by atoms with Gasteiger partial charge in [0.25, 0.3) is 0 Å². The first kappa shape index (κ1) is 12.3. The maximum Gasteiger partial charge on any atom is 0.217 e. The van der Waals surface area contributed by atoms with Crippen molar-refractivity contribution in [2.24, 2.45) is 0 Å². The molecule has 0 spiro atoms. The Morgan fingerprint density at radius 1 is 1.62 bits per heavy atom. The minimum Gasteiger partial charge on any atom is -0.353 e. The second-order valence-electron chi connectivity index (χ2n) is 3.18. The number of nitrogens with one attached hydrogen (secondary N) is 1. The first-order valence-electron chi connectivity index (χ1n) is 4.74. The molecule has 1 aromatic carbocycles. The molecule has 1 aromatic rings. The largest absolute Gasteiger partial charge is 0.353 e. The molecule has 1 rings (SSSR count). The minimum atomic E-state index is -0.0868. The zero-order valence-corrected chi connectivity index (χ0v) is 9.58. The van der Waals surface area contributed by atoms with Crippen molar-refractivity contribution in [3.63, 3.8) is 0 Å². The molecule has 16 heavy (non-hydrogen) atoms. The summed E-state index contributed by atoms with van der Waals surface area (Å²) in [7, 11) is 0. The van der Waals surface area contributed by atoms with Crippen molar-refractivity contribution in [2.75, 3.05) is 6.54 Å². The molecule has 4 heteroatoms. The normalized spacial score (nSPS) is 10.1. The van der Waals surface area contributed by atoms with E-state index in [9.17, 15) is 4.79 Å². The smallest absolute Gasteiger partial charge is 0.217 e. The summed E-state index contributed by atoms with van der Waals surface area (Å²) in [5.74, 6) is -0.0868. The van der Waals surface area contributed by atoms with Gasteiger partial charge in [0.1, 0.15) is 0 Å². The van der Waals surface area contributed by atoms with Gasteiger partial charge >= 0.3 is 0 Å². The Bertz CT molecular complexity index is 461. The van der Waals surface area contributed by atoms with Crippen LogP contribution in [0, 0.1) is 11.3 Å². The van der Waals surface area contributed by atoms with Crippen LogP contribution in [-0.4, -0.2) is 12.5 Å². The van der Waals surface area contributed by atoms with Crippen LogP contribution in [0.1, 0.15) is 18.1 Å². The molecule has 0 atom stereocenters.